The topological polar surface area (TPSA) is 107 Å². The summed E-state index contributed by atoms with van der Waals surface area (Å²) in [6.07, 6.45) is 1.32. The van der Waals surface area contributed by atoms with Gasteiger partial charge in [-0.1, -0.05) is 11.6 Å². The summed E-state index contributed by atoms with van der Waals surface area (Å²) in [5, 5.41) is 5.96. The van der Waals surface area contributed by atoms with Gasteiger partial charge in [-0.05, 0) is 20.8 Å². The van der Waals surface area contributed by atoms with Crippen molar-refractivity contribution < 1.29 is 18.3 Å². The molecule has 0 aromatic carbocycles. The Bertz CT molecular complexity index is 1070. The molecular weight excluding hydrogens is 386 g/mol. The molecule has 0 unspecified atom stereocenters. The van der Waals surface area contributed by atoms with Crippen LogP contribution in [0.1, 0.15) is 27.3 Å². The average molecular weight is 401 g/mol. The molecule has 3 aromatic rings. The molecule has 27 heavy (non-hydrogen) atoms. The van der Waals surface area contributed by atoms with E-state index in [1.54, 1.807) is 20.8 Å². The molecule has 0 spiro atoms. The van der Waals surface area contributed by atoms with Crippen molar-refractivity contribution in [1.82, 2.24) is 24.3 Å². The summed E-state index contributed by atoms with van der Waals surface area (Å²) in [7, 11) is 0. The lowest BCUT2D eigenvalue weighted by atomic mass is 10.2. The second-order valence-electron chi connectivity index (χ2n) is 6.54. The molecule has 0 saturated heterocycles. The first-order chi connectivity index (χ1) is 12.5. The third-order valence-corrected chi connectivity index (χ3v) is 3.49. The van der Waals surface area contributed by atoms with E-state index in [1.165, 1.54) is 6.07 Å². The number of anilines is 1. The third kappa shape index (κ3) is 3.92. The number of nitrogens with zero attached hydrogens (tertiary/aromatic N) is 4. The Morgan fingerprint density at radius 2 is 2.11 bits per heavy atom. The maximum absolute atomic E-state index is 12.8. The maximum Gasteiger partial charge on any atom is 0.412 e. The molecule has 1 amide bonds. The highest BCUT2D eigenvalue weighted by Crippen LogP contribution is 2.25. The maximum atomic E-state index is 12.8. The van der Waals surface area contributed by atoms with Crippen molar-refractivity contribution >= 4 is 34.5 Å². The van der Waals surface area contributed by atoms with Crippen molar-refractivity contribution in [3.05, 3.63) is 34.1 Å². The SMILES string of the molecule is CC(C)(C)OC(=O)Nc1cc(Cl)nc2c1[nH]c(=O)n2-c1cnn(C(F)F)c1. The highest BCUT2D eigenvalue weighted by atomic mass is 35.5. The summed E-state index contributed by atoms with van der Waals surface area (Å²) in [6, 6.07) is 1.33. The zero-order valence-electron chi connectivity index (χ0n) is 14.5. The van der Waals surface area contributed by atoms with Crippen molar-refractivity contribution in [2.45, 2.75) is 32.9 Å². The van der Waals surface area contributed by atoms with Crippen LogP contribution >= 0.6 is 11.6 Å². The quantitative estimate of drug-likeness (QED) is 0.656. The minimum atomic E-state index is -2.86. The van der Waals surface area contributed by atoms with E-state index in [0.29, 0.717) is 4.68 Å². The lowest BCUT2D eigenvalue weighted by molar-refractivity contribution is 0.0565. The van der Waals surface area contributed by atoms with Crippen LogP contribution in [0, 0.1) is 0 Å². The number of fused-ring (bicyclic) bond motifs is 1. The number of carbonyl (C=O) groups excluding carboxylic acids is 1. The van der Waals surface area contributed by atoms with Crippen LogP contribution < -0.4 is 11.0 Å². The van der Waals surface area contributed by atoms with Gasteiger partial charge in [0, 0.05) is 6.07 Å². The van der Waals surface area contributed by atoms with Crippen LogP contribution in [0.4, 0.5) is 19.3 Å². The van der Waals surface area contributed by atoms with Crippen molar-refractivity contribution in [3.8, 4) is 5.69 Å². The van der Waals surface area contributed by atoms with Crippen LogP contribution in [0.5, 0.6) is 0 Å². The highest BCUT2D eigenvalue weighted by molar-refractivity contribution is 6.30. The van der Waals surface area contributed by atoms with E-state index in [4.69, 9.17) is 16.3 Å². The largest absolute Gasteiger partial charge is 0.444 e. The number of halogens is 3. The second kappa shape index (κ2) is 6.65. The molecule has 0 radical (unpaired) electrons. The number of carbonyl (C=O) groups is 1. The molecule has 3 aromatic heterocycles. The number of H-pyrrole nitrogens is 1. The molecule has 0 bridgehead atoms. The number of alkyl halides is 2. The molecule has 3 rings (SSSR count). The summed E-state index contributed by atoms with van der Waals surface area (Å²) in [4.78, 5) is 31.0. The van der Waals surface area contributed by atoms with Gasteiger partial charge in [0.25, 0.3) is 0 Å². The summed E-state index contributed by atoms with van der Waals surface area (Å²) in [6.45, 7) is 2.22. The lowest BCUT2D eigenvalue weighted by Crippen LogP contribution is -2.27. The highest BCUT2D eigenvalue weighted by Gasteiger charge is 2.21. The van der Waals surface area contributed by atoms with E-state index in [-0.39, 0.29) is 27.7 Å². The fraction of sp³-hybridized carbons (Fsp3) is 0.333. The van der Waals surface area contributed by atoms with Gasteiger partial charge in [-0.25, -0.2) is 23.8 Å². The molecule has 144 valence electrons. The number of aromatic amines is 1. The van der Waals surface area contributed by atoms with E-state index in [9.17, 15) is 18.4 Å². The number of aromatic nitrogens is 5. The summed E-state index contributed by atoms with van der Waals surface area (Å²) in [5.41, 5.74) is -1.00. The third-order valence-electron chi connectivity index (χ3n) is 3.30. The van der Waals surface area contributed by atoms with Gasteiger partial charge in [-0.2, -0.15) is 13.9 Å². The van der Waals surface area contributed by atoms with Crippen molar-refractivity contribution in [3.63, 3.8) is 0 Å². The van der Waals surface area contributed by atoms with Crippen molar-refractivity contribution in [2.75, 3.05) is 5.32 Å². The van der Waals surface area contributed by atoms with Gasteiger partial charge < -0.3 is 9.72 Å². The first-order valence-corrected chi connectivity index (χ1v) is 8.07. The Labute approximate surface area is 155 Å². The second-order valence-corrected chi connectivity index (χ2v) is 6.93. The standard InChI is InChI=1S/C15H15ClF2N6O3/c1-15(2,3)27-14(26)20-8-4-9(16)21-11-10(8)22-13(25)24(11)7-5-19-23(6-7)12(17)18/h4-6,12H,1-3H3,(H,22,25)(H,20,21,26). The van der Waals surface area contributed by atoms with Crippen molar-refractivity contribution in [2.24, 2.45) is 0 Å². The summed E-state index contributed by atoms with van der Waals surface area (Å²) in [5.74, 6) is 0. The number of nitrogens with one attached hydrogen (secondary N) is 2. The fourth-order valence-corrected chi connectivity index (χ4v) is 2.54. The molecule has 9 nitrogen and oxygen atoms in total. The first-order valence-electron chi connectivity index (χ1n) is 7.69. The van der Waals surface area contributed by atoms with Crippen LogP contribution in [-0.2, 0) is 4.74 Å². The first kappa shape index (κ1) is 18.8. The van der Waals surface area contributed by atoms with E-state index >= 15 is 0 Å². The number of rotatable bonds is 3. The van der Waals surface area contributed by atoms with Gasteiger partial charge in [0.15, 0.2) is 5.65 Å². The molecule has 0 fully saturated rings. The fourth-order valence-electron chi connectivity index (χ4n) is 2.35. The smallest absolute Gasteiger partial charge is 0.412 e. The van der Waals surface area contributed by atoms with Gasteiger partial charge in [-0.15, -0.1) is 0 Å². The Hall–Kier alpha value is -2.95. The molecule has 0 aliphatic rings. The molecular formula is C15H15ClF2N6O3. The van der Waals surface area contributed by atoms with Gasteiger partial charge in [0.1, 0.15) is 16.3 Å². The average Bonchev–Trinajstić information content (AvgIpc) is 3.09. The van der Waals surface area contributed by atoms with Crippen LogP contribution in [0.2, 0.25) is 5.15 Å². The van der Waals surface area contributed by atoms with Crippen LogP contribution in [0.25, 0.3) is 16.9 Å². The molecule has 2 N–H and O–H groups in total. The number of amides is 1. The minimum absolute atomic E-state index is 0.0254. The van der Waals surface area contributed by atoms with Crippen LogP contribution in [0.3, 0.4) is 0 Å². The monoisotopic (exact) mass is 400 g/mol. The number of hydrogen-bond acceptors (Lipinski definition) is 5. The molecule has 12 heteroatoms. The van der Waals surface area contributed by atoms with Crippen LogP contribution in [-0.4, -0.2) is 36.0 Å². The summed E-state index contributed by atoms with van der Waals surface area (Å²) >= 11 is 5.99. The molecule has 0 atom stereocenters. The Balaban J connectivity index is 2.08. The lowest BCUT2D eigenvalue weighted by Gasteiger charge is -2.19. The van der Waals surface area contributed by atoms with Crippen molar-refractivity contribution in [1.29, 1.82) is 0 Å². The number of hydrogen-bond donors (Lipinski definition) is 2. The Morgan fingerprint density at radius 3 is 2.70 bits per heavy atom. The minimum Gasteiger partial charge on any atom is -0.444 e. The van der Waals surface area contributed by atoms with Gasteiger partial charge in [0.2, 0.25) is 0 Å². The summed E-state index contributed by atoms with van der Waals surface area (Å²) < 4.78 is 32.1. The predicted octanol–water partition coefficient (Wildman–Crippen LogP) is 3.31. The molecule has 0 aliphatic carbocycles. The van der Waals surface area contributed by atoms with E-state index in [2.05, 4.69) is 20.4 Å². The zero-order chi connectivity index (χ0) is 19.9. The van der Waals surface area contributed by atoms with Gasteiger partial charge >= 0.3 is 18.3 Å². The van der Waals surface area contributed by atoms with Gasteiger partial charge in [-0.3, -0.25) is 5.32 Å². The molecule has 0 aliphatic heterocycles. The van der Waals surface area contributed by atoms with E-state index < -0.39 is 23.9 Å². The number of ether oxygens (including phenoxy) is 1. The van der Waals surface area contributed by atoms with E-state index in [1.807, 2.05) is 0 Å². The zero-order valence-corrected chi connectivity index (χ0v) is 15.2. The van der Waals surface area contributed by atoms with E-state index in [0.717, 1.165) is 17.0 Å². The van der Waals surface area contributed by atoms with Gasteiger partial charge in [0.05, 0.1) is 23.8 Å². The number of pyridine rings is 1. The Morgan fingerprint density at radius 1 is 1.41 bits per heavy atom. The molecule has 0 saturated carbocycles. The Kier molecular flexibility index (Phi) is 4.64. The van der Waals surface area contributed by atoms with Crippen LogP contribution in [0.15, 0.2) is 23.3 Å². The molecule has 3 heterocycles. The normalized spacial score (nSPS) is 12.0. The number of imidazole rings is 1. The predicted molar refractivity (Wildman–Crippen MR) is 93.6 cm³/mol.